The molecule has 0 fully saturated rings. The number of rotatable bonds is 4. The average Bonchev–Trinajstić information content (AvgIpc) is 3.31. The first-order valence-electron chi connectivity index (χ1n) is 8.35. The average molecular weight is 385 g/mol. The lowest BCUT2D eigenvalue weighted by Gasteiger charge is -2.08. The molecule has 1 amide bonds. The molecule has 3 aromatic heterocycles. The molecule has 0 aliphatic carbocycles. The molecule has 0 saturated carbocycles. The highest BCUT2D eigenvalue weighted by atomic mass is 19.4. The van der Waals surface area contributed by atoms with Crippen molar-refractivity contribution in [1.29, 1.82) is 0 Å². The van der Waals surface area contributed by atoms with Crippen molar-refractivity contribution < 1.29 is 22.4 Å². The number of nitrogens with one attached hydrogen (secondary N) is 1. The topological polar surface area (TPSA) is 60.1 Å². The lowest BCUT2D eigenvalue weighted by Crippen LogP contribution is -2.10. The highest BCUT2D eigenvalue weighted by Gasteiger charge is 2.32. The van der Waals surface area contributed by atoms with Crippen LogP contribution < -0.4 is 5.32 Å². The van der Waals surface area contributed by atoms with Crippen molar-refractivity contribution >= 4 is 22.5 Å². The predicted molar refractivity (Wildman–Crippen MR) is 96.9 cm³/mol. The van der Waals surface area contributed by atoms with Crippen LogP contribution >= 0.6 is 0 Å². The number of anilines is 1. The van der Waals surface area contributed by atoms with Gasteiger partial charge in [-0.2, -0.15) is 13.2 Å². The zero-order valence-electron chi connectivity index (χ0n) is 14.4. The number of nitrogens with zero attached hydrogens (tertiary/aromatic N) is 2. The number of carbonyl (C=O) groups is 1. The van der Waals surface area contributed by atoms with Gasteiger partial charge < -0.3 is 14.3 Å². The van der Waals surface area contributed by atoms with Gasteiger partial charge in [0.2, 0.25) is 0 Å². The summed E-state index contributed by atoms with van der Waals surface area (Å²) >= 11 is 0. The Morgan fingerprint density at radius 1 is 1.14 bits per heavy atom. The van der Waals surface area contributed by atoms with E-state index in [1.165, 1.54) is 24.8 Å². The van der Waals surface area contributed by atoms with E-state index in [1.54, 1.807) is 12.3 Å². The number of hydrogen-bond acceptors (Lipinski definition) is 3. The summed E-state index contributed by atoms with van der Waals surface area (Å²) in [5.41, 5.74) is 1.51. The summed E-state index contributed by atoms with van der Waals surface area (Å²) in [4.78, 5) is 15.8. The number of fused-ring (bicyclic) bond motifs is 1. The fourth-order valence-electron chi connectivity index (χ4n) is 2.95. The first-order valence-corrected chi connectivity index (χ1v) is 8.35. The van der Waals surface area contributed by atoms with E-state index in [1.807, 2.05) is 28.8 Å². The number of alkyl halides is 3. The number of hydrogen-bond donors (Lipinski definition) is 1. The fraction of sp³-hybridized carbons (Fsp3) is 0.100. The second kappa shape index (κ2) is 6.88. The van der Waals surface area contributed by atoms with Crippen molar-refractivity contribution in [1.82, 2.24) is 9.55 Å². The van der Waals surface area contributed by atoms with Crippen LogP contribution in [0.2, 0.25) is 0 Å². The lowest BCUT2D eigenvalue weighted by atomic mass is 10.2. The lowest BCUT2D eigenvalue weighted by molar-refractivity contribution is -0.141. The molecule has 5 nitrogen and oxygen atoms in total. The van der Waals surface area contributed by atoms with E-state index >= 15 is 0 Å². The maximum absolute atomic E-state index is 12.7. The molecule has 0 atom stereocenters. The number of carbonyl (C=O) groups excluding carboxylic acids is 1. The van der Waals surface area contributed by atoms with Crippen molar-refractivity contribution in [2.24, 2.45) is 0 Å². The standard InChI is InChI=1S/C20H14F3N3O2/c21-20(22,23)18-6-5-13(9-24-18)10-26-11-16(15-3-1-2-4-17(15)26)25-19(27)14-7-8-28-12-14/h1-9,11-12H,10H2,(H,25,27). The molecule has 0 saturated heterocycles. The SMILES string of the molecule is O=C(Nc1cn(Cc2ccc(C(F)(F)F)nc2)c2ccccc12)c1ccoc1. The van der Waals surface area contributed by atoms with Crippen LogP contribution in [0.25, 0.3) is 10.9 Å². The molecular formula is C20H14F3N3O2. The van der Waals surface area contributed by atoms with E-state index in [4.69, 9.17) is 4.42 Å². The first kappa shape index (κ1) is 17.8. The molecule has 28 heavy (non-hydrogen) atoms. The number of halogens is 3. The van der Waals surface area contributed by atoms with Crippen LogP contribution in [0, 0.1) is 0 Å². The van der Waals surface area contributed by atoms with Crippen LogP contribution in [0.5, 0.6) is 0 Å². The van der Waals surface area contributed by atoms with Crippen molar-refractivity contribution in [3.05, 3.63) is 84.2 Å². The molecule has 4 aromatic rings. The molecule has 142 valence electrons. The molecule has 1 aromatic carbocycles. The number of benzene rings is 1. The third kappa shape index (κ3) is 3.48. The summed E-state index contributed by atoms with van der Waals surface area (Å²) in [6.07, 6.45) is 1.25. The van der Waals surface area contributed by atoms with Crippen LogP contribution in [0.1, 0.15) is 21.6 Å². The highest BCUT2D eigenvalue weighted by molar-refractivity contribution is 6.08. The summed E-state index contributed by atoms with van der Waals surface area (Å²) < 4.78 is 44.8. The van der Waals surface area contributed by atoms with Gasteiger partial charge in [0.25, 0.3) is 5.91 Å². The van der Waals surface area contributed by atoms with Gasteiger partial charge in [-0.25, -0.2) is 0 Å². The Labute approximate surface area is 157 Å². The quantitative estimate of drug-likeness (QED) is 0.541. The van der Waals surface area contributed by atoms with Crippen LogP contribution in [0.3, 0.4) is 0 Å². The molecule has 0 bridgehead atoms. The summed E-state index contributed by atoms with van der Waals surface area (Å²) in [6, 6.07) is 11.4. The van der Waals surface area contributed by atoms with Crippen LogP contribution in [-0.4, -0.2) is 15.5 Å². The van der Waals surface area contributed by atoms with Crippen molar-refractivity contribution in [2.75, 3.05) is 5.32 Å². The van der Waals surface area contributed by atoms with E-state index < -0.39 is 11.9 Å². The van der Waals surface area contributed by atoms with Crippen molar-refractivity contribution in [3.8, 4) is 0 Å². The second-order valence-electron chi connectivity index (χ2n) is 6.20. The normalized spacial score (nSPS) is 11.7. The molecule has 0 aliphatic heterocycles. The minimum Gasteiger partial charge on any atom is -0.472 e. The molecular weight excluding hydrogens is 371 g/mol. The summed E-state index contributed by atoms with van der Waals surface area (Å²) in [7, 11) is 0. The number of para-hydroxylation sites is 1. The summed E-state index contributed by atoms with van der Waals surface area (Å²) in [6.45, 7) is 0.313. The van der Waals surface area contributed by atoms with Crippen LogP contribution in [0.15, 0.2) is 71.8 Å². The van der Waals surface area contributed by atoms with Gasteiger partial charge in [-0.05, 0) is 23.8 Å². The number of furan rings is 1. The summed E-state index contributed by atoms with van der Waals surface area (Å²) in [5, 5.41) is 3.66. The van der Waals surface area contributed by atoms with Gasteiger partial charge in [-0.1, -0.05) is 24.3 Å². The Hall–Kier alpha value is -3.55. The third-order valence-corrected chi connectivity index (χ3v) is 4.29. The van der Waals surface area contributed by atoms with Gasteiger partial charge in [0.1, 0.15) is 12.0 Å². The maximum Gasteiger partial charge on any atom is 0.433 e. The molecule has 8 heteroatoms. The van der Waals surface area contributed by atoms with Gasteiger partial charge in [-0.3, -0.25) is 9.78 Å². The highest BCUT2D eigenvalue weighted by Crippen LogP contribution is 2.29. The number of aromatic nitrogens is 2. The van der Waals surface area contributed by atoms with Gasteiger partial charge in [-0.15, -0.1) is 0 Å². The van der Waals surface area contributed by atoms with Gasteiger partial charge in [0, 0.05) is 24.3 Å². The Balaban J connectivity index is 1.63. The Morgan fingerprint density at radius 2 is 1.96 bits per heavy atom. The molecule has 0 aliphatic rings. The molecule has 1 N–H and O–H groups in total. The van der Waals surface area contributed by atoms with Gasteiger partial charge >= 0.3 is 6.18 Å². The Bertz CT molecular complexity index is 1110. The summed E-state index contributed by atoms with van der Waals surface area (Å²) in [5.74, 6) is -0.312. The second-order valence-corrected chi connectivity index (χ2v) is 6.20. The minimum atomic E-state index is -4.47. The molecule has 0 spiro atoms. The molecule has 4 rings (SSSR count). The van der Waals surface area contributed by atoms with Gasteiger partial charge in [0.15, 0.2) is 0 Å². The molecule has 0 unspecified atom stereocenters. The number of amides is 1. The fourth-order valence-corrected chi connectivity index (χ4v) is 2.95. The monoisotopic (exact) mass is 385 g/mol. The van der Waals surface area contributed by atoms with Crippen molar-refractivity contribution in [3.63, 3.8) is 0 Å². The van der Waals surface area contributed by atoms with E-state index in [0.717, 1.165) is 17.0 Å². The maximum atomic E-state index is 12.7. The molecule has 3 heterocycles. The predicted octanol–water partition coefficient (Wildman–Crippen LogP) is 4.95. The van der Waals surface area contributed by atoms with Crippen molar-refractivity contribution in [2.45, 2.75) is 12.7 Å². The van der Waals surface area contributed by atoms with E-state index in [-0.39, 0.29) is 5.91 Å². The van der Waals surface area contributed by atoms with Crippen LogP contribution in [-0.2, 0) is 12.7 Å². The first-order chi connectivity index (χ1) is 13.4. The Morgan fingerprint density at radius 3 is 2.64 bits per heavy atom. The zero-order chi connectivity index (χ0) is 19.7. The van der Waals surface area contributed by atoms with E-state index in [0.29, 0.717) is 23.4 Å². The van der Waals surface area contributed by atoms with Gasteiger partial charge in [0.05, 0.1) is 23.0 Å². The van der Waals surface area contributed by atoms with Crippen LogP contribution in [0.4, 0.5) is 18.9 Å². The smallest absolute Gasteiger partial charge is 0.433 e. The third-order valence-electron chi connectivity index (χ3n) is 4.29. The van der Waals surface area contributed by atoms with E-state index in [9.17, 15) is 18.0 Å². The largest absolute Gasteiger partial charge is 0.472 e. The Kier molecular flexibility index (Phi) is 4.38. The number of pyridine rings is 1. The minimum absolute atomic E-state index is 0.312. The zero-order valence-corrected chi connectivity index (χ0v) is 14.4. The molecule has 0 radical (unpaired) electrons. The van der Waals surface area contributed by atoms with E-state index in [2.05, 4.69) is 10.3 Å².